The summed E-state index contributed by atoms with van der Waals surface area (Å²) in [6, 6.07) is 52.2. The van der Waals surface area contributed by atoms with Crippen molar-refractivity contribution in [1.82, 2.24) is 10.2 Å². The second kappa shape index (κ2) is 16.6. The molecule has 0 aliphatic rings. The van der Waals surface area contributed by atoms with Gasteiger partial charge in [-0.15, -0.1) is 10.2 Å². The highest BCUT2D eigenvalue weighted by Gasteiger charge is 2.18. The van der Waals surface area contributed by atoms with Crippen molar-refractivity contribution in [2.45, 2.75) is 59.7 Å². The zero-order valence-electron chi connectivity index (χ0n) is 31.5. The Morgan fingerprint density at radius 2 is 0.852 bits per heavy atom. The van der Waals surface area contributed by atoms with Crippen LogP contribution in [0.3, 0.4) is 0 Å². The smallest absolute Gasteiger partial charge is 0.248 e. The van der Waals surface area contributed by atoms with Crippen molar-refractivity contribution >= 4 is 34.1 Å². The molecule has 7 aromatic rings. The van der Waals surface area contributed by atoms with Crippen LogP contribution in [0.15, 0.2) is 156 Å². The number of ether oxygens (including phenoxy) is 2. The number of para-hydroxylation sites is 2. The topological polar surface area (TPSA) is 63.9 Å². The highest BCUT2D eigenvalue weighted by molar-refractivity contribution is 5.81. The zero-order valence-corrected chi connectivity index (χ0v) is 31.5. The van der Waals surface area contributed by atoms with E-state index in [1.807, 2.05) is 42.5 Å². The van der Waals surface area contributed by atoms with Crippen LogP contribution in [0.2, 0.25) is 0 Å². The number of hydrogen-bond acceptors (Lipinski definition) is 7. The first kappa shape index (κ1) is 36.0. The van der Waals surface area contributed by atoms with Crippen LogP contribution >= 0.6 is 0 Å². The van der Waals surface area contributed by atoms with Gasteiger partial charge < -0.3 is 23.7 Å². The lowest BCUT2D eigenvalue weighted by Crippen LogP contribution is -2.12. The van der Waals surface area contributed by atoms with Gasteiger partial charge in [0.15, 0.2) is 0 Å². The van der Waals surface area contributed by atoms with Crippen LogP contribution in [0.4, 0.5) is 34.1 Å². The second-order valence-electron chi connectivity index (χ2n) is 13.5. The molecule has 0 fully saturated rings. The van der Waals surface area contributed by atoms with Gasteiger partial charge >= 0.3 is 0 Å². The zero-order chi connectivity index (χ0) is 37.4. The number of hydrogen-bond donors (Lipinski definition) is 0. The third kappa shape index (κ3) is 8.31. The minimum absolute atomic E-state index is 0.0597. The normalized spacial score (nSPS) is 12.2. The van der Waals surface area contributed by atoms with E-state index in [0.717, 1.165) is 58.1 Å². The molecule has 7 rings (SSSR count). The van der Waals surface area contributed by atoms with Crippen LogP contribution in [-0.2, 0) is 0 Å². The van der Waals surface area contributed by atoms with Crippen molar-refractivity contribution in [3.8, 4) is 34.4 Å². The van der Waals surface area contributed by atoms with Gasteiger partial charge in [0.2, 0.25) is 11.8 Å². The number of anilines is 6. The Morgan fingerprint density at radius 3 is 1.28 bits per heavy atom. The van der Waals surface area contributed by atoms with Crippen LogP contribution < -0.4 is 19.3 Å². The molecule has 0 radical (unpaired) electrons. The van der Waals surface area contributed by atoms with E-state index in [1.54, 1.807) is 0 Å². The number of nitrogens with zero attached hydrogens (tertiary/aromatic N) is 4. The fraction of sp³-hybridized carbons (Fsp3) is 0.191. The molecule has 0 saturated heterocycles. The lowest BCUT2D eigenvalue weighted by atomic mass is 10.1. The molecule has 0 saturated carbocycles. The number of aromatic nitrogens is 2. The maximum atomic E-state index is 6.26. The third-order valence-electron chi connectivity index (χ3n) is 9.44. The summed E-state index contributed by atoms with van der Waals surface area (Å²) in [4.78, 5) is 4.52. The molecule has 0 amide bonds. The highest BCUT2D eigenvalue weighted by Crippen LogP contribution is 2.40. The fourth-order valence-corrected chi connectivity index (χ4v) is 6.17. The van der Waals surface area contributed by atoms with E-state index in [9.17, 15) is 0 Å². The molecule has 1 heterocycles. The summed E-state index contributed by atoms with van der Waals surface area (Å²) in [5, 5.41) is 8.86. The van der Waals surface area contributed by atoms with E-state index < -0.39 is 0 Å². The summed E-state index contributed by atoms with van der Waals surface area (Å²) in [6.45, 7) is 10.4. The molecular formula is C47H46N4O3. The van der Waals surface area contributed by atoms with Crippen molar-refractivity contribution in [3.05, 3.63) is 157 Å². The molecule has 0 spiro atoms. The standard InChI is InChI=1S/C47H46N4O3/c1-6-34(4)52-44-30-37(31-45(32-44)53-35(5)7-2)47-49-48-46(54-47)36-20-24-41(25-21-36)51(39-16-12-9-13-17-39)43-28-26-42(27-29-43)50(38-14-10-8-11-15-38)40-22-18-33(3)19-23-40/h8-32,34-35H,6-7H2,1-5H3. The van der Waals surface area contributed by atoms with Gasteiger partial charge in [-0.25, -0.2) is 0 Å². The van der Waals surface area contributed by atoms with Gasteiger partial charge in [0.25, 0.3) is 0 Å². The highest BCUT2D eigenvalue weighted by atomic mass is 16.5. The Bertz CT molecular complexity index is 2210. The number of benzene rings is 6. The SMILES string of the molecule is CCC(C)Oc1cc(OC(C)CC)cc(-c2nnc(-c3ccc(N(c4ccccc4)c4ccc(N(c5ccccc5)c5ccc(C)cc5)cc4)cc3)o2)c1. The van der Waals surface area contributed by atoms with E-state index in [2.05, 4.69) is 164 Å². The van der Waals surface area contributed by atoms with Crippen LogP contribution in [-0.4, -0.2) is 22.4 Å². The van der Waals surface area contributed by atoms with Gasteiger partial charge in [0.05, 0.1) is 12.2 Å². The van der Waals surface area contributed by atoms with Crippen LogP contribution in [0, 0.1) is 6.92 Å². The first-order valence-corrected chi connectivity index (χ1v) is 18.7. The maximum absolute atomic E-state index is 6.26. The molecule has 1 aromatic heterocycles. The molecular weight excluding hydrogens is 669 g/mol. The maximum Gasteiger partial charge on any atom is 0.248 e. The monoisotopic (exact) mass is 714 g/mol. The Morgan fingerprint density at radius 1 is 0.481 bits per heavy atom. The minimum atomic E-state index is 0.0597. The molecule has 0 bridgehead atoms. The molecule has 7 heteroatoms. The Kier molecular flexibility index (Phi) is 11.0. The van der Waals surface area contributed by atoms with Crippen LogP contribution in [0.25, 0.3) is 22.9 Å². The van der Waals surface area contributed by atoms with Gasteiger partial charge in [-0.1, -0.05) is 67.9 Å². The molecule has 2 atom stereocenters. The first-order valence-electron chi connectivity index (χ1n) is 18.7. The van der Waals surface area contributed by atoms with E-state index in [-0.39, 0.29) is 12.2 Å². The van der Waals surface area contributed by atoms with Crippen molar-refractivity contribution in [1.29, 1.82) is 0 Å². The predicted octanol–water partition coefficient (Wildman–Crippen LogP) is 13.0. The molecule has 2 unspecified atom stereocenters. The molecule has 54 heavy (non-hydrogen) atoms. The summed E-state index contributed by atoms with van der Waals surface area (Å²) in [5.74, 6) is 2.25. The lowest BCUT2D eigenvalue weighted by Gasteiger charge is -2.28. The van der Waals surface area contributed by atoms with Crippen molar-refractivity contribution < 1.29 is 13.9 Å². The number of rotatable bonds is 14. The molecule has 272 valence electrons. The second-order valence-corrected chi connectivity index (χ2v) is 13.5. The van der Waals surface area contributed by atoms with Crippen molar-refractivity contribution in [2.24, 2.45) is 0 Å². The largest absolute Gasteiger partial charge is 0.491 e. The van der Waals surface area contributed by atoms with Crippen molar-refractivity contribution in [3.63, 3.8) is 0 Å². The molecule has 7 nitrogen and oxygen atoms in total. The van der Waals surface area contributed by atoms with Gasteiger partial charge in [-0.3, -0.25) is 0 Å². The van der Waals surface area contributed by atoms with Gasteiger partial charge in [0.1, 0.15) is 11.5 Å². The number of aryl methyl sites for hydroxylation is 1. The van der Waals surface area contributed by atoms with Crippen LogP contribution in [0.1, 0.15) is 46.1 Å². The summed E-state index contributed by atoms with van der Waals surface area (Å²) >= 11 is 0. The Hall–Kier alpha value is -6.34. The Labute approximate surface area is 318 Å². The van der Waals surface area contributed by atoms with E-state index in [4.69, 9.17) is 13.9 Å². The average Bonchev–Trinajstić information content (AvgIpc) is 3.71. The third-order valence-corrected chi connectivity index (χ3v) is 9.44. The van der Waals surface area contributed by atoms with Crippen molar-refractivity contribution in [2.75, 3.05) is 9.80 Å². The first-order chi connectivity index (χ1) is 26.4. The quantitative estimate of drug-likeness (QED) is 0.111. The Balaban J connectivity index is 1.18. The van der Waals surface area contributed by atoms with E-state index in [1.165, 1.54) is 5.56 Å². The van der Waals surface area contributed by atoms with Crippen LogP contribution in [0.5, 0.6) is 11.5 Å². The summed E-state index contributed by atoms with van der Waals surface area (Å²) in [6.07, 6.45) is 1.90. The lowest BCUT2D eigenvalue weighted by molar-refractivity contribution is 0.205. The van der Waals surface area contributed by atoms with Gasteiger partial charge in [-0.2, -0.15) is 0 Å². The minimum Gasteiger partial charge on any atom is -0.491 e. The molecule has 6 aromatic carbocycles. The molecule has 0 aliphatic carbocycles. The van der Waals surface area contributed by atoms with E-state index in [0.29, 0.717) is 23.3 Å². The molecule has 0 N–H and O–H groups in total. The van der Waals surface area contributed by atoms with Gasteiger partial charge in [0, 0.05) is 51.3 Å². The summed E-state index contributed by atoms with van der Waals surface area (Å²) < 4.78 is 18.6. The van der Waals surface area contributed by atoms with Gasteiger partial charge in [-0.05, 0) is 131 Å². The average molecular weight is 715 g/mol. The predicted molar refractivity (Wildman–Crippen MR) is 220 cm³/mol. The van der Waals surface area contributed by atoms with E-state index >= 15 is 0 Å². The molecule has 0 aliphatic heterocycles. The fourth-order valence-electron chi connectivity index (χ4n) is 6.17. The summed E-state index contributed by atoms with van der Waals surface area (Å²) in [5.41, 5.74) is 9.14. The summed E-state index contributed by atoms with van der Waals surface area (Å²) in [7, 11) is 0.